The van der Waals surface area contributed by atoms with Crippen LogP contribution in [-0.2, 0) is 0 Å². The number of hydrogen-bond acceptors (Lipinski definition) is 6. The zero-order chi connectivity index (χ0) is 13.8. The number of rotatable bonds is 5. The Morgan fingerprint density at radius 2 is 2.37 bits per heavy atom. The monoisotopic (exact) mass is 284 g/mol. The van der Waals surface area contributed by atoms with Gasteiger partial charge in [0.15, 0.2) is 5.82 Å². The number of nitrogens with zero attached hydrogens (tertiary/aromatic N) is 3. The number of likely N-dealkylation sites (N-methyl/N-ethyl adjacent to an activating group) is 1. The van der Waals surface area contributed by atoms with E-state index in [0.717, 1.165) is 30.4 Å². The van der Waals surface area contributed by atoms with E-state index in [-0.39, 0.29) is 12.0 Å². The lowest BCUT2D eigenvalue weighted by Crippen LogP contribution is -2.33. The molecule has 0 aliphatic carbocycles. The Bertz CT molecular complexity index is 394. The summed E-state index contributed by atoms with van der Waals surface area (Å²) in [6.07, 6.45) is 1.05. The Morgan fingerprint density at radius 3 is 3.00 bits per heavy atom. The first-order chi connectivity index (χ1) is 9.17. The lowest BCUT2D eigenvalue weighted by molar-refractivity contribution is 0.255. The van der Waals surface area contributed by atoms with Crippen LogP contribution in [-0.4, -0.2) is 53.2 Å². The minimum atomic E-state index is 0.248. The molecule has 3 unspecified atom stereocenters. The van der Waals surface area contributed by atoms with Crippen molar-refractivity contribution in [2.75, 3.05) is 32.1 Å². The van der Waals surface area contributed by atoms with Crippen LogP contribution in [0.4, 0.5) is 0 Å². The lowest BCUT2D eigenvalue weighted by atomic mass is 10.00. The largest absolute Gasteiger partial charge is 0.339 e. The van der Waals surface area contributed by atoms with E-state index < -0.39 is 0 Å². The molecule has 1 aliphatic heterocycles. The van der Waals surface area contributed by atoms with Crippen molar-refractivity contribution in [1.29, 1.82) is 0 Å². The van der Waals surface area contributed by atoms with E-state index in [0.29, 0.717) is 6.04 Å². The number of thioether (sulfide) groups is 1. The second-order valence-corrected chi connectivity index (χ2v) is 6.30. The molecular weight excluding hydrogens is 260 g/mol. The van der Waals surface area contributed by atoms with Crippen LogP contribution in [0, 0.1) is 0 Å². The molecule has 6 heteroatoms. The summed E-state index contributed by atoms with van der Waals surface area (Å²) in [5.74, 6) is 4.07. The van der Waals surface area contributed by atoms with Gasteiger partial charge >= 0.3 is 0 Å². The van der Waals surface area contributed by atoms with E-state index >= 15 is 0 Å². The second kappa shape index (κ2) is 6.72. The third-order valence-corrected chi connectivity index (χ3v) is 4.98. The summed E-state index contributed by atoms with van der Waals surface area (Å²) in [7, 11) is 4.11. The van der Waals surface area contributed by atoms with Crippen LogP contribution in [0.5, 0.6) is 0 Å². The van der Waals surface area contributed by atoms with Gasteiger partial charge in [0.25, 0.3) is 0 Å². The standard InChI is InChI=1S/C13H24N4OS/c1-5-10(14-3)9(2)13-15-12(16-18-13)11-8-19-7-6-17(11)4/h9-11,14H,5-8H2,1-4H3. The highest BCUT2D eigenvalue weighted by Crippen LogP contribution is 2.28. The summed E-state index contributed by atoms with van der Waals surface area (Å²) in [4.78, 5) is 6.94. The van der Waals surface area contributed by atoms with Crippen molar-refractivity contribution in [3.05, 3.63) is 11.7 Å². The summed E-state index contributed by atoms with van der Waals surface area (Å²) >= 11 is 1.96. The molecular formula is C13H24N4OS. The van der Waals surface area contributed by atoms with Gasteiger partial charge in [0.1, 0.15) is 0 Å². The maximum absolute atomic E-state index is 5.48. The Balaban J connectivity index is 2.09. The van der Waals surface area contributed by atoms with Crippen molar-refractivity contribution < 1.29 is 4.52 Å². The predicted molar refractivity (Wildman–Crippen MR) is 78.5 cm³/mol. The summed E-state index contributed by atoms with van der Waals surface area (Å²) in [5.41, 5.74) is 0. The van der Waals surface area contributed by atoms with E-state index in [1.807, 2.05) is 18.8 Å². The molecule has 0 spiro atoms. The molecule has 2 heterocycles. The van der Waals surface area contributed by atoms with Crippen LogP contribution in [0.25, 0.3) is 0 Å². The van der Waals surface area contributed by atoms with E-state index in [9.17, 15) is 0 Å². The number of hydrogen-bond donors (Lipinski definition) is 1. The zero-order valence-electron chi connectivity index (χ0n) is 12.2. The van der Waals surface area contributed by atoms with Gasteiger partial charge in [0.05, 0.1) is 12.0 Å². The van der Waals surface area contributed by atoms with Gasteiger partial charge in [-0.25, -0.2) is 0 Å². The van der Waals surface area contributed by atoms with Crippen LogP contribution in [0.3, 0.4) is 0 Å². The van der Waals surface area contributed by atoms with Crippen molar-refractivity contribution in [3.63, 3.8) is 0 Å². The molecule has 1 aromatic rings. The lowest BCUT2D eigenvalue weighted by Gasteiger charge is -2.29. The average Bonchev–Trinajstić information content (AvgIpc) is 2.90. The molecule has 1 saturated heterocycles. The molecule has 3 atom stereocenters. The molecule has 2 rings (SSSR count). The van der Waals surface area contributed by atoms with Gasteiger partial charge in [-0.05, 0) is 20.5 Å². The fourth-order valence-electron chi connectivity index (χ4n) is 2.51. The van der Waals surface area contributed by atoms with Crippen molar-refractivity contribution in [2.24, 2.45) is 0 Å². The average molecular weight is 284 g/mol. The van der Waals surface area contributed by atoms with E-state index in [1.54, 1.807) is 0 Å². The first-order valence-electron chi connectivity index (χ1n) is 6.96. The molecule has 0 bridgehead atoms. The predicted octanol–water partition coefficient (Wildman–Crippen LogP) is 1.89. The Hall–Kier alpha value is -0.590. The molecule has 0 saturated carbocycles. The molecule has 0 radical (unpaired) electrons. The van der Waals surface area contributed by atoms with Crippen molar-refractivity contribution in [3.8, 4) is 0 Å². The molecule has 108 valence electrons. The topological polar surface area (TPSA) is 54.2 Å². The molecule has 0 aromatic carbocycles. The third kappa shape index (κ3) is 3.30. The highest BCUT2D eigenvalue weighted by Gasteiger charge is 2.28. The molecule has 1 fully saturated rings. The van der Waals surface area contributed by atoms with Gasteiger partial charge in [0.2, 0.25) is 5.89 Å². The normalized spacial score (nSPS) is 24.3. The van der Waals surface area contributed by atoms with Gasteiger partial charge in [-0.1, -0.05) is 19.0 Å². The molecule has 5 nitrogen and oxygen atoms in total. The maximum atomic E-state index is 5.48. The van der Waals surface area contributed by atoms with Crippen molar-refractivity contribution >= 4 is 11.8 Å². The van der Waals surface area contributed by atoms with Crippen LogP contribution in [0.15, 0.2) is 4.52 Å². The minimum absolute atomic E-state index is 0.248. The van der Waals surface area contributed by atoms with Gasteiger partial charge in [-0.15, -0.1) is 0 Å². The summed E-state index contributed by atoms with van der Waals surface area (Å²) in [6.45, 7) is 5.39. The Morgan fingerprint density at radius 1 is 1.58 bits per heavy atom. The van der Waals surface area contributed by atoms with Crippen molar-refractivity contribution in [2.45, 2.75) is 38.3 Å². The SMILES string of the molecule is CCC(NC)C(C)c1nc(C2CSCCN2C)no1. The third-order valence-electron chi connectivity index (χ3n) is 3.96. The van der Waals surface area contributed by atoms with Crippen LogP contribution in [0.2, 0.25) is 0 Å². The molecule has 1 aliphatic rings. The van der Waals surface area contributed by atoms with E-state index in [1.165, 1.54) is 5.75 Å². The summed E-state index contributed by atoms with van der Waals surface area (Å²) in [5, 5.41) is 7.50. The summed E-state index contributed by atoms with van der Waals surface area (Å²) in [6, 6.07) is 0.671. The fraction of sp³-hybridized carbons (Fsp3) is 0.846. The zero-order valence-corrected chi connectivity index (χ0v) is 13.0. The van der Waals surface area contributed by atoms with Crippen LogP contribution in [0.1, 0.15) is 43.9 Å². The molecule has 19 heavy (non-hydrogen) atoms. The van der Waals surface area contributed by atoms with Gasteiger partial charge in [-0.3, -0.25) is 4.90 Å². The highest BCUT2D eigenvalue weighted by atomic mass is 32.2. The van der Waals surface area contributed by atoms with E-state index in [2.05, 4.69) is 41.3 Å². The number of nitrogens with one attached hydrogen (secondary N) is 1. The van der Waals surface area contributed by atoms with Gasteiger partial charge in [-0.2, -0.15) is 16.7 Å². The highest BCUT2D eigenvalue weighted by molar-refractivity contribution is 7.99. The van der Waals surface area contributed by atoms with Gasteiger partial charge in [0, 0.05) is 24.1 Å². The summed E-state index contributed by atoms with van der Waals surface area (Å²) < 4.78 is 5.48. The van der Waals surface area contributed by atoms with Gasteiger partial charge < -0.3 is 9.84 Å². The first kappa shape index (κ1) is 14.8. The van der Waals surface area contributed by atoms with Crippen molar-refractivity contribution in [1.82, 2.24) is 20.4 Å². The Labute approximate surface area is 119 Å². The minimum Gasteiger partial charge on any atom is -0.339 e. The molecule has 1 aromatic heterocycles. The smallest absolute Gasteiger partial charge is 0.231 e. The molecule has 1 N–H and O–H groups in total. The molecule has 0 amide bonds. The first-order valence-corrected chi connectivity index (χ1v) is 8.11. The number of aromatic nitrogens is 2. The quantitative estimate of drug-likeness (QED) is 0.891. The fourth-order valence-corrected chi connectivity index (χ4v) is 3.72. The van der Waals surface area contributed by atoms with Crippen LogP contribution >= 0.6 is 11.8 Å². The van der Waals surface area contributed by atoms with E-state index in [4.69, 9.17) is 4.52 Å². The van der Waals surface area contributed by atoms with Crippen LogP contribution < -0.4 is 5.32 Å². The second-order valence-electron chi connectivity index (χ2n) is 5.15. The maximum Gasteiger partial charge on any atom is 0.231 e. The Kier molecular flexibility index (Phi) is 5.24.